The molecule has 13 heteroatoms. The van der Waals surface area contributed by atoms with Crippen LogP contribution >= 0.6 is 11.6 Å². The number of rotatable bonds is 21. The third kappa shape index (κ3) is 11.5. The molecule has 2 amide bonds. The molecule has 2 heterocycles. The molecule has 1 unspecified atom stereocenters. The number of benzene rings is 1. The summed E-state index contributed by atoms with van der Waals surface area (Å²) < 4.78 is 23.3. The van der Waals surface area contributed by atoms with Gasteiger partial charge >= 0.3 is 0 Å². The van der Waals surface area contributed by atoms with Crippen LogP contribution in [0.1, 0.15) is 138 Å². The standard InChI is InChI=1S/C36H58ClN7O4S/c1-9-10-11-12-13-14-15-16-17-18-23-28(45)38-25-49(47)43-26-21-19-20-22-27(26)48-24-29(46)39-36(7,8)35(5,6)33-41-40-32-30(37)31(34(2,3)4)42-44(32)33/h19-22,42-43H,9-18,23-25H2,1-8H3,(H,38,45)(H,39,46). The molecule has 0 saturated carbocycles. The molecule has 0 fully saturated rings. The summed E-state index contributed by atoms with van der Waals surface area (Å²) in [5.41, 5.74) is 0.168. The Hall–Kier alpha value is -3.12. The van der Waals surface area contributed by atoms with E-state index < -0.39 is 21.9 Å². The summed E-state index contributed by atoms with van der Waals surface area (Å²) in [4.78, 5) is 25.5. The lowest BCUT2D eigenvalue weighted by atomic mass is 9.73. The second-order valence-corrected chi connectivity index (χ2v) is 16.5. The zero-order chi connectivity index (χ0) is 36.2. The maximum Gasteiger partial charge on any atom is 0.258 e. The minimum absolute atomic E-state index is 0.0339. The molecule has 0 aliphatic heterocycles. The maximum atomic E-state index is 13.2. The average molecular weight is 720 g/mol. The Labute approximate surface area is 300 Å². The van der Waals surface area contributed by atoms with E-state index in [-0.39, 0.29) is 29.7 Å². The van der Waals surface area contributed by atoms with Crippen LogP contribution in [0.4, 0.5) is 5.69 Å². The summed E-state index contributed by atoms with van der Waals surface area (Å²) >= 11 is 6.64. The Morgan fingerprint density at radius 2 is 1.51 bits per heavy atom. The molecule has 0 saturated heterocycles. The number of ether oxygens (including phenoxy) is 1. The monoisotopic (exact) mass is 719 g/mol. The first-order valence-electron chi connectivity index (χ1n) is 17.7. The normalized spacial score (nSPS) is 13.0. The lowest BCUT2D eigenvalue weighted by molar-refractivity contribution is -0.125. The number of para-hydroxylation sites is 2. The third-order valence-corrected chi connectivity index (χ3v) is 10.5. The van der Waals surface area contributed by atoms with Crippen molar-refractivity contribution in [2.75, 3.05) is 17.2 Å². The van der Waals surface area contributed by atoms with Crippen LogP contribution in [0.15, 0.2) is 24.3 Å². The fourth-order valence-corrected chi connectivity index (χ4v) is 6.74. The smallest absolute Gasteiger partial charge is 0.258 e. The number of fused-ring (bicyclic) bond motifs is 1. The van der Waals surface area contributed by atoms with E-state index in [0.29, 0.717) is 34.4 Å². The number of carbonyl (C=O) groups excluding carboxylic acids is 2. The molecule has 0 spiro atoms. The number of aromatic nitrogens is 4. The number of anilines is 1. The molecular weight excluding hydrogens is 662 g/mol. The first-order chi connectivity index (χ1) is 23.1. The summed E-state index contributed by atoms with van der Waals surface area (Å²) in [6.07, 6.45) is 12.5. The van der Waals surface area contributed by atoms with Gasteiger partial charge < -0.3 is 20.1 Å². The van der Waals surface area contributed by atoms with Crippen molar-refractivity contribution in [3.8, 4) is 5.75 Å². The predicted molar refractivity (Wildman–Crippen MR) is 199 cm³/mol. The van der Waals surface area contributed by atoms with Gasteiger partial charge in [-0.2, -0.15) is 0 Å². The van der Waals surface area contributed by atoms with E-state index in [4.69, 9.17) is 16.3 Å². The number of hydrogen-bond acceptors (Lipinski definition) is 6. The number of amides is 2. The molecule has 3 rings (SSSR count). The van der Waals surface area contributed by atoms with Crippen molar-refractivity contribution in [3.05, 3.63) is 40.8 Å². The van der Waals surface area contributed by atoms with Crippen molar-refractivity contribution in [2.45, 2.75) is 142 Å². The highest BCUT2D eigenvalue weighted by molar-refractivity contribution is 7.86. The number of H-pyrrole nitrogens is 1. The Bertz CT molecular complexity index is 1540. The summed E-state index contributed by atoms with van der Waals surface area (Å²) in [6.45, 7) is 16.0. The summed E-state index contributed by atoms with van der Waals surface area (Å²) in [5, 5.41) is 18.5. The quantitative estimate of drug-likeness (QED) is 0.0831. The highest BCUT2D eigenvalue weighted by atomic mass is 35.5. The first kappa shape index (κ1) is 40.3. The molecule has 0 aliphatic rings. The van der Waals surface area contributed by atoms with Gasteiger partial charge in [-0.05, 0) is 32.4 Å². The van der Waals surface area contributed by atoms with Crippen LogP contribution < -0.4 is 20.1 Å². The van der Waals surface area contributed by atoms with Gasteiger partial charge in [0.05, 0.1) is 11.4 Å². The molecule has 0 aliphatic carbocycles. The van der Waals surface area contributed by atoms with Crippen LogP contribution in [0.5, 0.6) is 5.75 Å². The minimum Gasteiger partial charge on any atom is -0.482 e. The number of unbranched alkanes of at least 4 members (excludes halogenated alkanes) is 9. The van der Waals surface area contributed by atoms with Gasteiger partial charge in [-0.1, -0.05) is 123 Å². The van der Waals surface area contributed by atoms with Gasteiger partial charge in [-0.15, -0.1) is 10.2 Å². The van der Waals surface area contributed by atoms with Crippen LogP contribution in [-0.2, 0) is 31.4 Å². The van der Waals surface area contributed by atoms with Crippen LogP contribution in [0, 0.1) is 0 Å². The summed E-state index contributed by atoms with van der Waals surface area (Å²) in [5.74, 6) is 0.512. The van der Waals surface area contributed by atoms with E-state index in [2.05, 4.69) is 58.3 Å². The first-order valence-corrected chi connectivity index (χ1v) is 19.4. The van der Waals surface area contributed by atoms with Crippen LogP contribution in [0.25, 0.3) is 5.65 Å². The van der Waals surface area contributed by atoms with Gasteiger partial charge in [0.1, 0.15) is 27.6 Å². The Kier molecular flexibility index (Phi) is 15.0. The van der Waals surface area contributed by atoms with Crippen molar-refractivity contribution in [1.82, 2.24) is 30.4 Å². The van der Waals surface area contributed by atoms with E-state index in [1.165, 1.54) is 44.9 Å². The topological polar surface area (TPSA) is 143 Å². The molecule has 0 radical (unpaired) electrons. The zero-order valence-electron chi connectivity index (χ0n) is 30.8. The molecule has 4 N–H and O–H groups in total. The van der Waals surface area contributed by atoms with Gasteiger partial charge in [0.2, 0.25) is 5.91 Å². The van der Waals surface area contributed by atoms with Gasteiger partial charge in [-0.25, -0.2) is 8.72 Å². The summed E-state index contributed by atoms with van der Waals surface area (Å²) in [6, 6.07) is 6.96. The molecule has 274 valence electrons. The molecule has 0 bridgehead atoms. The van der Waals surface area contributed by atoms with Crippen LogP contribution in [-0.4, -0.2) is 53.9 Å². The van der Waals surface area contributed by atoms with E-state index in [9.17, 15) is 13.8 Å². The van der Waals surface area contributed by atoms with E-state index in [1.807, 2.05) is 27.7 Å². The second kappa shape index (κ2) is 18.2. The lowest BCUT2D eigenvalue weighted by Gasteiger charge is -2.40. The number of halogens is 1. The van der Waals surface area contributed by atoms with E-state index in [1.54, 1.807) is 28.8 Å². The van der Waals surface area contributed by atoms with E-state index >= 15 is 0 Å². The van der Waals surface area contributed by atoms with Crippen molar-refractivity contribution >= 4 is 45.7 Å². The molecule has 11 nitrogen and oxygen atoms in total. The van der Waals surface area contributed by atoms with Crippen LogP contribution in [0.2, 0.25) is 5.02 Å². The third-order valence-electron chi connectivity index (χ3n) is 9.25. The second-order valence-electron chi connectivity index (χ2n) is 14.9. The minimum atomic E-state index is -1.58. The van der Waals surface area contributed by atoms with Crippen molar-refractivity contribution < 1.29 is 18.5 Å². The van der Waals surface area contributed by atoms with Crippen molar-refractivity contribution in [2.24, 2.45) is 0 Å². The average Bonchev–Trinajstić information content (AvgIpc) is 3.60. The Balaban J connectivity index is 1.46. The molecule has 2 aromatic heterocycles. The highest BCUT2D eigenvalue weighted by Gasteiger charge is 2.44. The number of aromatic amines is 1. The fraction of sp³-hybridized carbons (Fsp3) is 0.667. The molecule has 1 aromatic carbocycles. The number of nitrogens with zero attached hydrogens (tertiary/aromatic N) is 3. The van der Waals surface area contributed by atoms with Gasteiger partial charge in [0.15, 0.2) is 18.1 Å². The van der Waals surface area contributed by atoms with Gasteiger partial charge in [0, 0.05) is 22.8 Å². The predicted octanol–water partition coefficient (Wildman–Crippen LogP) is 7.72. The maximum absolute atomic E-state index is 13.2. The summed E-state index contributed by atoms with van der Waals surface area (Å²) in [7, 11) is -1.58. The fourth-order valence-electron chi connectivity index (χ4n) is 5.51. The van der Waals surface area contributed by atoms with Crippen molar-refractivity contribution in [1.29, 1.82) is 0 Å². The molecule has 3 aromatic rings. The number of carbonyl (C=O) groups is 2. The zero-order valence-corrected chi connectivity index (χ0v) is 32.3. The molecular formula is C36H58ClN7O4S. The molecule has 49 heavy (non-hydrogen) atoms. The Morgan fingerprint density at radius 1 is 0.898 bits per heavy atom. The van der Waals surface area contributed by atoms with Crippen LogP contribution in [0.3, 0.4) is 0 Å². The Morgan fingerprint density at radius 3 is 2.14 bits per heavy atom. The SMILES string of the molecule is CCCCCCCCCCCCC(=O)NCS(=O)Nc1ccccc1OCC(=O)NC(C)(C)C(C)(C)c1nnc2c(Cl)c(C(C)(C)C)[nH]n12. The van der Waals surface area contributed by atoms with Gasteiger partial charge in [-0.3, -0.25) is 14.7 Å². The highest BCUT2D eigenvalue weighted by Crippen LogP contribution is 2.37. The van der Waals surface area contributed by atoms with Crippen molar-refractivity contribution in [3.63, 3.8) is 0 Å². The largest absolute Gasteiger partial charge is 0.482 e. The van der Waals surface area contributed by atoms with E-state index in [0.717, 1.165) is 25.0 Å². The molecule has 1 atom stereocenters. The lowest BCUT2D eigenvalue weighted by Crippen LogP contribution is -2.57. The number of nitrogens with one attached hydrogen (secondary N) is 4. The number of hydrogen-bond donors (Lipinski definition) is 4. The van der Waals surface area contributed by atoms with Gasteiger partial charge in [0.25, 0.3) is 5.91 Å².